The van der Waals surface area contributed by atoms with Crippen molar-refractivity contribution in [2.24, 2.45) is 7.05 Å². The molecular formula is C38H48N8O2. The summed E-state index contributed by atoms with van der Waals surface area (Å²) in [6.07, 6.45) is 11.1. The highest BCUT2D eigenvalue weighted by Gasteiger charge is 2.29. The third-order valence-corrected chi connectivity index (χ3v) is 10.5. The van der Waals surface area contributed by atoms with Gasteiger partial charge in [-0.05, 0) is 99.7 Å². The monoisotopic (exact) mass is 648 g/mol. The van der Waals surface area contributed by atoms with Crippen molar-refractivity contribution in [3.8, 4) is 17.1 Å². The number of para-hydroxylation sites is 1. The molecule has 0 saturated carbocycles. The van der Waals surface area contributed by atoms with Crippen LogP contribution in [0.3, 0.4) is 0 Å². The molecule has 4 heterocycles. The molecular weight excluding hydrogens is 600 g/mol. The molecule has 2 saturated heterocycles. The lowest BCUT2D eigenvalue weighted by Gasteiger charge is -2.38. The Morgan fingerprint density at radius 2 is 1.73 bits per heavy atom. The Balaban J connectivity index is 1.12. The van der Waals surface area contributed by atoms with Gasteiger partial charge in [-0.25, -0.2) is 9.97 Å². The minimum absolute atomic E-state index is 0.177. The average Bonchev–Trinajstić information content (AvgIpc) is 3.73. The molecule has 2 N–H and O–H groups in total. The van der Waals surface area contributed by atoms with Crippen LogP contribution < -0.4 is 20.3 Å². The molecule has 4 aromatic rings. The van der Waals surface area contributed by atoms with Crippen LogP contribution in [0.1, 0.15) is 78.7 Å². The van der Waals surface area contributed by atoms with Crippen molar-refractivity contribution in [1.29, 1.82) is 0 Å². The number of anilines is 4. The van der Waals surface area contributed by atoms with Crippen molar-refractivity contribution in [3.63, 3.8) is 0 Å². The standard InChI is InChI=1S/C38H48N8O2/c1-5-25-11-9-12-26(6-2)33(25)41-37(47)35-30-14-10-13-27-24-39-38(42-34(27)36(30)44(3)43-35)40-31-16-15-29(23-32(31)48-4)46-21-17-28(18-22-46)45-19-7-8-20-45/h9,11-12,15-16,23-24,28H,5-8,10,13-14,17-22H2,1-4H3,(H,41,47)(H,39,40,42). The predicted molar refractivity (Wildman–Crippen MR) is 192 cm³/mol. The Labute approximate surface area is 283 Å². The van der Waals surface area contributed by atoms with Gasteiger partial charge >= 0.3 is 0 Å². The molecule has 2 aliphatic heterocycles. The highest BCUT2D eigenvalue weighted by atomic mass is 16.5. The van der Waals surface area contributed by atoms with E-state index in [2.05, 4.69) is 70.7 Å². The molecule has 0 radical (unpaired) electrons. The van der Waals surface area contributed by atoms with E-state index >= 15 is 0 Å². The zero-order valence-electron chi connectivity index (χ0n) is 28.8. The van der Waals surface area contributed by atoms with Gasteiger partial charge in [0, 0.05) is 55.4 Å². The first-order valence-electron chi connectivity index (χ1n) is 17.8. The fourth-order valence-electron chi connectivity index (χ4n) is 7.87. The second-order valence-corrected chi connectivity index (χ2v) is 13.3. The molecule has 3 aliphatic rings. The summed E-state index contributed by atoms with van der Waals surface area (Å²) in [5, 5.41) is 11.4. The number of nitrogens with one attached hydrogen (secondary N) is 2. The first kappa shape index (κ1) is 32.1. The number of benzene rings is 2. The second kappa shape index (κ2) is 14.0. The van der Waals surface area contributed by atoms with E-state index in [0.717, 1.165) is 96.0 Å². The molecule has 7 rings (SSSR count). The van der Waals surface area contributed by atoms with Crippen molar-refractivity contribution in [2.75, 3.05) is 48.8 Å². The summed E-state index contributed by atoms with van der Waals surface area (Å²) in [4.78, 5) is 28.7. The van der Waals surface area contributed by atoms with E-state index in [1.807, 2.05) is 13.2 Å². The van der Waals surface area contributed by atoms with Crippen molar-refractivity contribution >= 4 is 28.9 Å². The zero-order valence-corrected chi connectivity index (χ0v) is 28.8. The summed E-state index contributed by atoms with van der Waals surface area (Å²) in [7, 11) is 3.60. The van der Waals surface area contributed by atoms with E-state index in [1.165, 1.54) is 44.5 Å². The van der Waals surface area contributed by atoms with Crippen molar-refractivity contribution in [2.45, 2.75) is 77.7 Å². The van der Waals surface area contributed by atoms with Gasteiger partial charge in [0.15, 0.2) is 5.69 Å². The number of likely N-dealkylation sites (tertiary alicyclic amines) is 1. The number of nitrogens with zero attached hydrogens (tertiary/aromatic N) is 6. The number of ether oxygens (including phenoxy) is 1. The number of carbonyl (C=O) groups is 1. The van der Waals surface area contributed by atoms with Crippen molar-refractivity contribution in [1.82, 2.24) is 24.6 Å². The fourth-order valence-corrected chi connectivity index (χ4v) is 7.87. The van der Waals surface area contributed by atoms with Gasteiger partial charge < -0.3 is 25.2 Å². The van der Waals surface area contributed by atoms with Crippen LogP contribution in [0.25, 0.3) is 11.4 Å². The lowest BCUT2D eigenvalue weighted by atomic mass is 10.0. The first-order valence-corrected chi connectivity index (χ1v) is 17.8. The van der Waals surface area contributed by atoms with Gasteiger partial charge in [0.05, 0.1) is 24.2 Å². The molecule has 0 atom stereocenters. The number of methoxy groups -OCH3 is 1. The zero-order chi connectivity index (χ0) is 33.2. The largest absolute Gasteiger partial charge is 0.494 e. The van der Waals surface area contributed by atoms with Crippen LogP contribution in [0, 0.1) is 0 Å². The van der Waals surface area contributed by atoms with Crippen LogP contribution in [-0.2, 0) is 32.7 Å². The lowest BCUT2D eigenvalue weighted by molar-refractivity contribution is 0.102. The molecule has 0 bridgehead atoms. The van der Waals surface area contributed by atoms with Gasteiger partial charge in [0.2, 0.25) is 5.95 Å². The van der Waals surface area contributed by atoms with Crippen LogP contribution >= 0.6 is 0 Å². The number of aromatic nitrogens is 4. The summed E-state index contributed by atoms with van der Waals surface area (Å²) < 4.78 is 7.66. The minimum atomic E-state index is -0.177. The van der Waals surface area contributed by atoms with Crippen LogP contribution in [-0.4, -0.2) is 69.9 Å². The third-order valence-electron chi connectivity index (χ3n) is 10.5. The fraction of sp³-hybridized carbons (Fsp3) is 0.474. The Hall–Kier alpha value is -4.44. The maximum Gasteiger partial charge on any atom is 0.276 e. The van der Waals surface area contributed by atoms with Gasteiger partial charge in [0.1, 0.15) is 5.75 Å². The lowest BCUT2D eigenvalue weighted by Crippen LogP contribution is -2.43. The number of fused-ring (bicyclic) bond motifs is 3. The molecule has 2 aromatic carbocycles. The summed E-state index contributed by atoms with van der Waals surface area (Å²) in [6.45, 7) is 8.86. The molecule has 1 amide bonds. The number of hydrogen-bond donors (Lipinski definition) is 2. The smallest absolute Gasteiger partial charge is 0.276 e. The molecule has 2 aromatic heterocycles. The van der Waals surface area contributed by atoms with Crippen molar-refractivity contribution in [3.05, 3.63) is 70.5 Å². The quantitative estimate of drug-likeness (QED) is 0.211. The van der Waals surface area contributed by atoms with Gasteiger partial charge in [-0.3, -0.25) is 9.48 Å². The van der Waals surface area contributed by atoms with E-state index < -0.39 is 0 Å². The van der Waals surface area contributed by atoms with Gasteiger partial charge in [-0.2, -0.15) is 5.10 Å². The SMILES string of the molecule is CCc1cccc(CC)c1NC(=O)c1nn(C)c2c1CCCc1cnc(Nc3ccc(N4CCC(N5CCCC5)CC4)cc3OC)nc1-2. The molecule has 10 nitrogen and oxygen atoms in total. The molecule has 0 unspecified atom stereocenters. The summed E-state index contributed by atoms with van der Waals surface area (Å²) in [5.74, 6) is 1.06. The predicted octanol–water partition coefficient (Wildman–Crippen LogP) is 6.56. The maximum absolute atomic E-state index is 13.8. The molecule has 0 spiro atoms. The van der Waals surface area contributed by atoms with Gasteiger partial charge in [-0.1, -0.05) is 32.0 Å². The highest BCUT2D eigenvalue weighted by molar-refractivity contribution is 6.05. The Kier molecular flexibility index (Phi) is 9.34. The molecule has 48 heavy (non-hydrogen) atoms. The normalized spacial score (nSPS) is 16.7. The summed E-state index contributed by atoms with van der Waals surface area (Å²) in [5.41, 5.74) is 9.29. The number of hydrogen-bond acceptors (Lipinski definition) is 8. The number of rotatable bonds is 9. The maximum atomic E-state index is 13.8. The van der Waals surface area contributed by atoms with Crippen molar-refractivity contribution < 1.29 is 9.53 Å². The Morgan fingerprint density at radius 1 is 0.979 bits per heavy atom. The number of amides is 1. The minimum Gasteiger partial charge on any atom is -0.494 e. The number of piperidine rings is 1. The molecule has 1 aliphatic carbocycles. The van der Waals surface area contributed by atoms with E-state index in [1.54, 1.807) is 11.8 Å². The molecule has 252 valence electrons. The van der Waals surface area contributed by atoms with E-state index in [4.69, 9.17) is 19.8 Å². The van der Waals surface area contributed by atoms with E-state index in [9.17, 15) is 4.79 Å². The Bertz CT molecular complexity index is 1760. The summed E-state index contributed by atoms with van der Waals surface area (Å²) >= 11 is 0. The molecule has 10 heteroatoms. The average molecular weight is 649 g/mol. The van der Waals surface area contributed by atoms with E-state index in [-0.39, 0.29) is 5.91 Å². The number of carbonyl (C=O) groups excluding carboxylic acids is 1. The summed E-state index contributed by atoms with van der Waals surface area (Å²) in [6, 6.07) is 13.3. The molecule has 2 fully saturated rings. The van der Waals surface area contributed by atoms with Gasteiger partial charge in [0.25, 0.3) is 5.91 Å². The second-order valence-electron chi connectivity index (χ2n) is 13.3. The van der Waals surface area contributed by atoms with Crippen LogP contribution in [0.2, 0.25) is 0 Å². The third kappa shape index (κ3) is 6.25. The van der Waals surface area contributed by atoms with Crippen LogP contribution in [0.5, 0.6) is 5.75 Å². The van der Waals surface area contributed by atoms with Crippen LogP contribution in [0.4, 0.5) is 23.0 Å². The van der Waals surface area contributed by atoms with Gasteiger partial charge in [-0.15, -0.1) is 0 Å². The Morgan fingerprint density at radius 3 is 2.44 bits per heavy atom. The van der Waals surface area contributed by atoms with E-state index in [0.29, 0.717) is 17.7 Å². The van der Waals surface area contributed by atoms with Crippen LogP contribution in [0.15, 0.2) is 42.6 Å². The number of aryl methyl sites for hydroxylation is 4. The topological polar surface area (TPSA) is 100 Å². The first-order chi connectivity index (χ1) is 23.5. The highest BCUT2D eigenvalue weighted by Crippen LogP contribution is 2.36.